The van der Waals surface area contributed by atoms with Crippen LogP contribution < -0.4 is 16.4 Å². The topological polar surface area (TPSA) is 92.9 Å². The molecule has 0 bridgehead atoms. The zero-order chi connectivity index (χ0) is 12.2. The molecule has 0 aliphatic heterocycles. The van der Waals surface area contributed by atoms with Crippen LogP contribution in [0.4, 0.5) is 10.7 Å². The van der Waals surface area contributed by atoms with E-state index in [1.54, 1.807) is 12.4 Å². The molecule has 0 unspecified atom stereocenters. The van der Waals surface area contributed by atoms with Crippen molar-refractivity contribution in [3.63, 3.8) is 0 Å². The van der Waals surface area contributed by atoms with Crippen LogP contribution >= 0.6 is 0 Å². The third-order valence-corrected chi connectivity index (χ3v) is 1.94. The number of hydrogen-bond donors (Lipinski definition) is 3. The van der Waals surface area contributed by atoms with Crippen molar-refractivity contribution in [1.82, 2.24) is 15.3 Å². The molecule has 6 nitrogen and oxygen atoms in total. The molecule has 1 aromatic rings. The molecule has 4 N–H and O–H groups in total. The molecule has 1 heterocycles. The molecule has 88 valence electrons. The second-order valence-corrected chi connectivity index (χ2v) is 4.31. The van der Waals surface area contributed by atoms with Crippen LogP contribution in [0.2, 0.25) is 0 Å². The molecule has 0 aliphatic rings. The number of primary amides is 1. The number of urea groups is 1. The van der Waals surface area contributed by atoms with E-state index in [9.17, 15) is 4.79 Å². The zero-order valence-electron chi connectivity index (χ0n) is 9.74. The summed E-state index contributed by atoms with van der Waals surface area (Å²) in [5, 5.41) is 5.65. The highest BCUT2D eigenvalue weighted by Gasteiger charge is 2.18. The minimum atomic E-state index is -0.542. The molecular formula is C10H17N5O. The van der Waals surface area contributed by atoms with Crippen LogP contribution in [-0.4, -0.2) is 28.1 Å². The van der Waals surface area contributed by atoms with Crippen molar-refractivity contribution >= 4 is 12.0 Å². The summed E-state index contributed by atoms with van der Waals surface area (Å²) < 4.78 is 0. The van der Waals surface area contributed by atoms with E-state index in [2.05, 4.69) is 20.6 Å². The van der Waals surface area contributed by atoms with Gasteiger partial charge in [0.05, 0.1) is 5.54 Å². The molecule has 0 atom stereocenters. The van der Waals surface area contributed by atoms with Gasteiger partial charge in [0.2, 0.25) is 5.95 Å². The van der Waals surface area contributed by atoms with Gasteiger partial charge in [-0.1, -0.05) is 0 Å². The normalized spacial score (nSPS) is 10.9. The van der Waals surface area contributed by atoms with Crippen molar-refractivity contribution in [2.24, 2.45) is 5.73 Å². The fraction of sp³-hybridized carbons (Fsp3) is 0.500. The Morgan fingerprint density at radius 3 is 2.50 bits per heavy atom. The fourth-order valence-corrected chi connectivity index (χ4v) is 1.11. The summed E-state index contributed by atoms with van der Waals surface area (Å²) in [5.74, 6) is 0.530. The predicted molar refractivity (Wildman–Crippen MR) is 62.1 cm³/mol. The van der Waals surface area contributed by atoms with Crippen molar-refractivity contribution in [2.75, 3.05) is 11.9 Å². The minimum absolute atomic E-state index is 0.357. The second kappa shape index (κ2) is 4.78. The average molecular weight is 223 g/mol. The van der Waals surface area contributed by atoms with Crippen LogP contribution in [0.1, 0.15) is 19.4 Å². The quantitative estimate of drug-likeness (QED) is 0.698. The number of carbonyl (C=O) groups excluding carboxylic acids is 1. The molecule has 2 amide bonds. The number of aromatic nitrogens is 2. The van der Waals surface area contributed by atoms with Crippen LogP contribution in [0.5, 0.6) is 0 Å². The Kier molecular flexibility index (Phi) is 3.65. The molecule has 1 aromatic heterocycles. The van der Waals surface area contributed by atoms with Gasteiger partial charge in [-0.25, -0.2) is 14.8 Å². The first-order chi connectivity index (χ1) is 7.39. The summed E-state index contributed by atoms with van der Waals surface area (Å²) in [6, 6.07) is -0.542. The van der Waals surface area contributed by atoms with Gasteiger partial charge in [-0.05, 0) is 26.3 Å². The molecule has 0 fully saturated rings. The summed E-state index contributed by atoms with van der Waals surface area (Å²) in [6.45, 7) is 6.17. The standard InChI is InChI=1S/C10H17N5O/c1-7-4-12-9(13-5-7)15-10(2,3)6-14-8(11)16/h4-5H,6H2,1-3H3,(H3,11,14,16)(H,12,13,15). The van der Waals surface area contributed by atoms with Crippen LogP contribution in [0.15, 0.2) is 12.4 Å². The van der Waals surface area contributed by atoms with Gasteiger partial charge in [-0.15, -0.1) is 0 Å². The van der Waals surface area contributed by atoms with Gasteiger partial charge in [-0.2, -0.15) is 0 Å². The van der Waals surface area contributed by atoms with Crippen molar-refractivity contribution < 1.29 is 4.79 Å². The highest BCUT2D eigenvalue weighted by atomic mass is 16.2. The highest BCUT2D eigenvalue weighted by molar-refractivity contribution is 5.71. The van der Waals surface area contributed by atoms with E-state index in [4.69, 9.17) is 5.73 Å². The first-order valence-electron chi connectivity index (χ1n) is 4.99. The monoisotopic (exact) mass is 223 g/mol. The first kappa shape index (κ1) is 12.2. The van der Waals surface area contributed by atoms with Crippen LogP contribution in [0.3, 0.4) is 0 Å². The van der Waals surface area contributed by atoms with Gasteiger partial charge >= 0.3 is 6.03 Å². The van der Waals surface area contributed by atoms with E-state index in [1.807, 2.05) is 20.8 Å². The number of amides is 2. The largest absolute Gasteiger partial charge is 0.352 e. The lowest BCUT2D eigenvalue weighted by Crippen LogP contribution is -2.46. The second-order valence-electron chi connectivity index (χ2n) is 4.31. The smallest absolute Gasteiger partial charge is 0.312 e. The Morgan fingerprint density at radius 1 is 1.44 bits per heavy atom. The third-order valence-electron chi connectivity index (χ3n) is 1.94. The molecule has 16 heavy (non-hydrogen) atoms. The first-order valence-corrected chi connectivity index (χ1v) is 4.99. The fourth-order valence-electron chi connectivity index (χ4n) is 1.11. The SMILES string of the molecule is Cc1cnc(NC(C)(C)CNC(N)=O)nc1. The van der Waals surface area contributed by atoms with Crippen LogP contribution in [0, 0.1) is 6.92 Å². The van der Waals surface area contributed by atoms with Crippen molar-refractivity contribution in [1.29, 1.82) is 0 Å². The lowest BCUT2D eigenvalue weighted by Gasteiger charge is -2.26. The van der Waals surface area contributed by atoms with E-state index >= 15 is 0 Å². The summed E-state index contributed by atoms with van der Waals surface area (Å²) in [7, 11) is 0. The number of aryl methyl sites for hydroxylation is 1. The van der Waals surface area contributed by atoms with E-state index in [-0.39, 0.29) is 5.54 Å². The maximum absolute atomic E-state index is 10.6. The minimum Gasteiger partial charge on any atom is -0.352 e. The average Bonchev–Trinajstić information content (AvgIpc) is 2.19. The lowest BCUT2D eigenvalue weighted by molar-refractivity contribution is 0.247. The zero-order valence-corrected chi connectivity index (χ0v) is 9.74. The number of nitrogens with two attached hydrogens (primary N) is 1. The van der Waals surface area contributed by atoms with Crippen molar-refractivity contribution in [3.8, 4) is 0 Å². The number of carbonyl (C=O) groups is 1. The Bertz CT molecular complexity index is 360. The van der Waals surface area contributed by atoms with E-state index < -0.39 is 6.03 Å². The van der Waals surface area contributed by atoms with Crippen molar-refractivity contribution in [3.05, 3.63) is 18.0 Å². The number of anilines is 1. The van der Waals surface area contributed by atoms with Gasteiger partial charge in [0.1, 0.15) is 0 Å². The molecule has 0 aromatic carbocycles. The molecule has 0 spiro atoms. The Hall–Kier alpha value is -1.85. The summed E-state index contributed by atoms with van der Waals surface area (Å²) in [4.78, 5) is 18.8. The molecule has 0 aliphatic carbocycles. The van der Waals surface area contributed by atoms with Gasteiger partial charge in [-0.3, -0.25) is 0 Å². The molecule has 1 rings (SSSR count). The Balaban J connectivity index is 2.57. The number of hydrogen-bond acceptors (Lipinski definition) is 4. The molecule has 6 heteroatoms. The summed E-state index contributed by atoms with van der Waals surface area (Å²) in [5.41, 5.74) is 5.65. The Morgan fingerprint density at radius 2 is 2.00 bits per heavy atom. The summed E-state index contributed by atoms with van der Waals surface area (Å²) >= 11 is 0. The molecule has 0 radical (unpaired) electrons. The van der Waals surface area contributed by atoms with E-state index in [1.165, 1.54) is 0 Å². The van der Waals surface area contributed by atoms with E-state index in [0.717, 1.165) is 5.56 Å². The lowest BCUT2D eigenvalue weighted by atomic mass is 10.1. The van der Waals surface area contributed by atoms with Gasteiger partial charge in [0, 0.05) is 18.9 Å². The van der Waals surface area contributed by atoms with Gasteiger partial charge < -0.3 is 16.4 Å². The van der Waals surface area contributed by atoms with Crippen LogP contribution in [0.25, 0.3) is 0 Å². The number of nitrogens with zero attached hydrogens (tertiary/aromatic N) is 2. The maximum atomic E-state index is 10.6. The molecular weight excluding hydrogens is 206 g/mol. The predicted octanol–water partition coefficient (Wildman–Crippen LogP) is 0.644. The van der Waals surface area contributed by atoms with Crippen LogP contribution in [-0.2, 0) is 0 Å². The number of nitrogens with one attached hydrogen (secondary N) is 2. The maximum Gasteiger partial charge on any atom is 0.312 e. The highest BCUT2D eigenvalue weighted by Crippen LogP contribution is 2.09. The third kappa shape index (κ3) is 4.12. The number of rotatable bonds is 4. The van der Waals surface area contributed by atoms with Gasteiger partial charge in [0.25, 0.3) is 0 Å². The molecule has 0 saturated heterocycles. The van der Waals surface area contributed by atoms with E-state index in [0.29, 0.717) is 12.5 Å². The Labute approximate surface area is 94.7 Å². The summed E-state index contributed by atoms with van der Waals surface area (Å²) in [6.07, 6.45) is 3.46. The molecule has 0 saturated carbocycles. The van der Waals surface area contributed by atoms with Gasteiger partial charge in [0.15, 0.2) is 0 Å². The van der Waals surface area contributed by atoms with Crippen molar-refractivity contribution in [2.45, 2.75) is 26.3 Å².